The summed E-state index contributed by atoms with van der Waals surface area (Å²) in [7, 11) is 1.62. The fourth-order valence-corrected chi connectivity index (χ4v) is 2.12. The van der Waals surface area contributed by atoms with Crippen molar-refractivity contribution in [1.82, 2.24) is 5.32 Å². The summed E-state index contributed by atoms with van der Waals surface area (Å²) in [6.45, 7) is 3.90. The molecule has 0 radical (unpaired) electrons. The first-order valence-electron chi connectivity index (χ1n) is 6.62. The van der Waals surface area contributed by atoms with E-state index in [9.17, 15) is 4.79 Å². The number of carbonyl (C=O) groups excluding carboxylic acids is 1. The molecule has 1 amide bonds. The summed E-state index contributed by atoms with van der Waals surface area (Å²) in [5, 5.41) is 3.00. The van der Waals surface area contributed by atoms with Crippen LogP contribution in [0.1, 0.15) is 34.5 Å². The summed E-state index contributed by atoms with van der Waals surface area (Å²) in [6, 6.07) is 15.3. The minimum Gasteiger partial charge on any atom is -0.496 e. The standard InChI is InChI=1S/C17H19NO2/c1-12-11-15(9-10-16(12)20-3)17(19)18-13(2)14-7-5-4-6-8-14/h4-11,13H,1-3H3,(H,18,19). The Hall–Kier alpha value is -2.29. The van der Waals surface area contributed by atoms with Crippen molar-refractivity contribution in [2.24, 2.45) is 0 Å². The van der Waals surface area contributed by atoms with Gasteiger partial charge in [-0.15, -0.1) is 0 Å². The van der Waals surface area contributed by atoms with E-state index >= 15 is 0 Å². The Morgan fingerprint density at radius 2 is 1.85 bits per heavy atom. The highest BCUT2D eigenvalue weighted by Gasteiger charge is 2.12. The van der Waals surface area contributed by atoms with Crippen molar-refractivity contribution in [2.75, 3.05) is 7.11 Å². The molecule has 0 fully saturated rings. The molecule has 0 heterocycles. The summed E-state index contributed by atoms with van der Waals surface area (Å²) in [5.41, 5.74) is 2.68. The van der Waals surface area contributed by atoms with Gasteiger partial charge in [0.1, 0.15) is 5.75 Å². The van der Waals surface area contributed by atoms with Crippen LogP contribution in [0.5, 0.6) is 5.75 Å². The van der Waals surface area contributed by atoms with Gasteiger partial charge in [0, 0.05) is 5.56 Å². The molecule has 1 N–H and O–H groups in total. The number of nitrogens with one attached hydrogen (secondary N) is 1. The molecule has 20 heavy (non-hydrogen) atoms. The van der Waals surface area contributed by atoms with E-state index in [1.54, 1.807) is 13.2 Å². The Labute approximate surface area is 119 Å². The van der Waals surface area contributed by atoms with E-state index in [0.29, 0.717) is 5.56 Å². The quantitative estimate of drug-likeness (QED) is 0.922. The minimum absolute atomic E-state index is 0.0221. The summed E-state index contributed by atoms with van der Waals surface area (Å²) in [4.78, 5) is 12.2. The van der Waals surface area contributed by atoms with Crippen molar-refractivity contribution in [2.45, 2.75) is 19.9 Å². The predicted molar refractivity (Wildman–Crippen MR) is 80.1 cm³/mol. The van der Waals surface area contributed by atoms with Crippen molar-refractivity contribution in [1.29, 1.82) is 0 Å². The van der Waals surface area contributed by atoms with Crippen LogP contribution in [-0.2, 0) is 0 Å². The van der Waals surface area contributed by atoms with E-state index in [4.69, 9.17) is 4.74 Å². The predicted octanol–water partition coefficient (Wildman–Crippen LogP) is 3.49. The van der Waals surface area contributed by atoms with Gasteiger partial charge >= 0.3 is 0 Å². The molecule has 1 atom stereocenters. The highest BCUT2D eigenvalue weighted by atomic mass is 16.5. The zero-order chi connectivity index (χ0) is 14.5. The SMILES string of the molecule is COc1ccc(C(=O)NC(C)c2ccccc2)cc1C. The van der Waals surface area contributed by atoms with Crippen molar-refractivity contribution >= 4 is 5.91 Å². The lowest BCUT2D eigenvalue weighted by molar-refractivity contribution is 0.0940. The van der Waals surface area contributed by atoms with Crippen LogP contribution in [0, 0.1) is 6.92 Å². The molecule has 0 bridgehead atoms. The van der Waals surface area contributed by atoms with Crippen molar-refractivity contribution < 1.29 is 9.53 Å². The lowest BCUT2D eigenvalue weighted by Crippen LogP contribution is -2.26. The number of hydrogen-bond acceptors (Lipinski definition) is 2. The van der Waals surface area contributed by atoms with Gasteiger partial charge in [0.2, 0.25) is 0 Å². The molecular weight excluding hydrogens is 250 g/mol. The molecule has 0 aliphatic heterocycles. The molecule has 2 aromatic rings. The largest absolute Gasteiger partial charge is 0.496 e. The summed E-state index contributed by atoms with van der Waals surface area (Å²) >= 11 is 0. The monoisotopic (exact) mass is 269 g/mol. The average molecular weight is 269 g/mol. The average Bonchev–Trinajstić information content (AvgIpc) is 2.48. The number of aryl methyl sites for hydroxylation is 1. The molecule has 104 valence electrons. The molecule has 2 aromatic carbocycles. The Balaban J connectivity index is 2.10. The van der Waals surface area contributed by atoms with E-state index in [2.05, 4.69) is 5.32 Å². The molecule has 3 nitrogen and oxygen atoms in total. The van der Waals surface area contributed by atoms with Gasteiger partial charge in [-0.1, -0.05) is 30.3 Å². The maximum atomic E-state index is 12.2. The fourth-order valence-electron chi connectivity index (χ4n) is 2.12. The third-order valence-corrected chi connectivity index (χ3v) is 3.30. The van der Waals surface area contributed by atoms with Gasteiger partial charge in [-0.25, -0.2) is 0 Å². The van der Waals surface area contributed by atoms with Crippen LogP contribution in [-0.4, -0.2) is 13.0 Å². The molecule has 2 rings (SSSR count). The number of rotatable bonds is 4. The van der Waals surface area contributed by atoms with Crippen LogP contribution in [0.25, 0.3) is 0 Å². The molecule has 0 spiro atoms. The van der Waals surface area contributed by atoms with Gasteiger partial charge in [0.15, 0.2) is 0 Å². The Kier molecular flexibility index (Phi) is 4.41. The van der Waals surface area contributed by atoms with Crippen LogP contribution in [0.2, 0.25) is 0 Å². The second-order valence-corrected chi connectivity index (χ2v) is 4.79. The van der Waals surface area contributed by atoms with E-state index in [0.717, 1.165) is 16.9 Å². The third kappa shape index (κ3) is 3.18. The maximum absolute atomic E-state index is 12.2. The van der Waals surface area contributed by atoms with E-state index < -0.39 is 0 Å². The van der Waals surface area contributed by atoms with Gasteiger partial charge < -0.3 is 10.1 Å². The molecule has 0 saturated carbocycles. The minimum atomic E-state index is -0.0768. The molecule has 0 aromatic heterocycles. The molecule has 0 aliphatic rings. The van der Waals surface area contributed by atoms with Crippen LogP contribution in [0.4, 0.5) is 0 Å². The topological polar surface area (TPSA) is 38.3 Å². The van der Waals surface area contributed by atoms with E-state index in [-0.39, 0.29) is 11.9 Å². The molecule has 3 heteroatoms. The Bertz CT molecular complexity index is 593. The van der Waals surface area contributed by atoms with Crippen molar-refractivity contribution in [3.05, 3.63) is 65.2 Å². The number of carbonyl (C=O) groups is 1. The number of benzene rings is 2. The normalized spacial score (nSPS) is 11.8. The second kappa shape index (κ2) is 6.24. The lowest BCUT2D eigenvalue weighted by atomic mass is 10.1. The van der Waals surface area contributed by atoms with Crippen LogP contribution < -0.4 is 10.1 Å². The van der Waals surface area contributed by atoms with Crippen LogP contribution in [0.3, 0.4) is 0 Å². The first kappa shape index (κ1) is 14.1. The van der Waals surface area contributed by atoms with Crippen LogP contribution in [0.15, 0.2) is 48.5 Å². The number of methoxy groups -OCH3 is 1. The smallest absolute Gasteiger partial charge is 0.251 e. The van der Waals surface area contributed by atoms with Gasteiger partial charge in [0.25, 0.3) is 5.91 Å². The van der Waals surface area contributed by atoms with Crippen molar-refractivity contribution in [3.63, 3.8) is 0 Å². The highest BCUT2D eigenvalue weighted by Crippen LogP contribution is 2.19. The summed E-state index contributed by atoms with van der Waals surface area (Å²) < 4.78 is 5.20. The third-order valence-electron chi connectivity index (χ3n) is 3.30. The van der Waals surface area contributed by atoms with E-state index in [1.165, 1.54) is 0 Å². The lowest BCUT2D eigenvalue weighted by Gasteiger charge is -2.15. The zero-order valence-corrected chi connectivity index (χ0v) is 12.0. The fraction of sp³-hybridized carbons (Fsp3) is 0.235. The molecule has 1 unspecified atom stereocenters. The second-order valence-electron chi connectivity index (χ2n) is 4.79. The van der Waals surface area contributed by atoms with Gasteiger partial charge in [-0.2, -0.15) is 0 Å². The van der Waals surface area contributed by atoms with Gasteiger partial charge in [-0.05, 0) is 43.2 Å². The Morgan fingerprint density at radius 1 is 1.15 bits per heavy atom. The maximum Gasteiger partial charge on any atom is 0.251 e. The Morgan fingerprint density at radius 3 is 2.45 bits per heavy atom. The zero-order valence-electron chi connectivity index (χ0n) is 12.0. The van der Waals surface area contributed by atoms with E-state index in [1.807, 2.05) is 56.3 Å². The van der Waals surface area contributed by atoms with Crippen LogP contribution >= 0.6 is 0 Å². The first-order chi connectivity index (χ1) is 9.61. The molecule has 0 saturated heterocycles. The summed E-state index contributed by atoms with van der Waals surface area (Å²) in [5.74, 6) is 0.713. The molecule has 0 aliphatic carbocycles. The first-order valence-corrected chi connectivity index (χ1v) is 6.62. The highest BCUT2D eigenvalue weighted by molar-refractivity contribution is 5.94. The number of amides is 1. The number of hydrogen-bond donors (Lipinski definition) is 1. The molecular formula is C17H19NO2. The van der Waals surface area contributed by atoms with Gasteiger partial charge in [-0.3, -0.25) is 4.79 Å². The van der Waals surface area contributed by atoms with Gasteiger partial charge in [0.05, 0.1) is 13.2 Å². The van der Waals surface area contributed by atoms with Crippen molar-refractivity contribution in [3.8, 4) is 5.75 Å². The summed E-state index contributed by atoms with van der Waals surface area (Å²) in [6.07, 6.45) is 0. The number of ether oxygens (including phenoxy) is 1.